The number of hydrogen-bond donors (Lipinski definition) is 1. The molecule has 0 fully saturated rings. The van der Waals surface area contributed by atoms with E-state index in [-0.39, 0.29) is 35.2 Å². The van der Waals surface area contributed by atoms with Gasteiger partial charge in [-0.1, -0.05) is 36.4 Å². The number of non-ortho nitro benzene ring substituents is 1. The first-order chi connectivity index (χ1) is 9.83. The second-order valence-corrected chi connectivity index (χ2v) is 6.10. The summed E-state index contributed by atoms with van der Waals surface area (Å²) in [6, 6.07) is 13.1. The van der Waals surface area contributed by atoms with Crippen molar-refractivity contribution in [3.8, 4) is 0 Å². The minimum absolute atomic E-state index is 0. The second-order valence-electron chi connectivity index (χ2n) is 4.64. The fourth-order valence-electron chi connectivity index (χ4n) is 1.94. The van der Waals surface area contributed by atoms with Crippen LogP contribution in [-0.2, 0) is 22.3 Å². The fourth-order valence-corrected chi connectivity index (χ4v) is 2.55. The topological polar surface area (TPSA) is 97.5 Å². The minimum atomic E-state index is -4.03. The van der Waals surface area contributed by atoms with Crippen LogP contribution < -0.4 is 0 Å². The van der Waals surface area contributed by atoms with E-state index in [0.717, 1.165) is 11.1 Å². The van der Waals surface area contributed by atoms with Gasteiger partial charge >= 0.3 is 29.6 Å². The summed E-state index contributed by atoms with van der Waals surface area (Å²) >= 11 is 0. The fraction of sp³-hybridized carbons (Fsp3) is 0.143. The van der Waals surface area contributed by atoms with E-state index in [9.17, 15) is 18.5 Å². The first-order valence-corrected chi connectivity index (χ1v) is 7.71. The molecule has 1 N–H and O–H groups in total. The molecule has 0 atom stereocenters. The summed E-state index contributed by atoms with van der Waals surface area (Å²) in [7, 11) is -4.03. The molecule has 0 saturated carbocycles. The van der Waals surface area contributed by atoms with Gasteiger partial charge in [0, 0.05) is 12.1 Å². The van der Waals surface area contributed by atoms with Gasteiger partial charge in [-0.25, -0.2) is 0 Å². The Morgan fingerprint density at radius 2 is 1.32 bits per heavy atom. The van der Waals surface area contributed by atoms with Crippen molar-refractivity contribution in [3.63, 3.8) is 0 Å². The summed E-state index contributed by atoms with van der Waals surface area (Å²) in [5.74, 6) is -0.412. The van der Waals surface area contributed by atoms with E-state index in [0.29, 0.717) is 12.0 Å². The molecule has 0 spiro atoms. The van der Waals surface area contributed by atoms with Crippen molar-refractivity contribution in [2.24, 2.45) is 0 Å². The van der Waals surface area contributed by atoms with Crippen molar-refractivity contribution < 1.29 is 17.9 Å². The second kappa shape index (κ2) is 7.85. The Balaban J connectivity index is 0.00000242. The third-order valence-corrected chi connectivity index (χ3v) is 3.63. The number of benzene rings is 2. The molecule has 2 rings (SSSR count). The Morgan fingerprint density at radius 1 is 0.909 bits per heavy atom. The first-order valence-electron chi connectivity index (χ1n) is 6.10. The summed E-state index contributed by atoms with van der Waals surface area (Å²) in [6.07, 6.45) is 0.587. The van der Waals surface area contributed by atoms with Crippen LogP contribution in [0.2, 0.25) is 0 Å². The summed E-state index contributed by atoms with van der Waals surface area (Å²) < 4.78 is 30.3. The number of hydrogen-bond acceptors (Lipinski definition) is 4. The molecule has 0 heterocycles. The molecule has 2 aromatic carbocycles. The molecule has 2 aromatic rings. The van der Waals surface area contributed by atoms with Crippen molar-refractivity contribution >= 4 is 45.4 Å². The maximum absolute atomic E-state index is 10.8. The quantitative estimate of drug-likeness (QED) is 0.391. The zero-order valence-corrected chi connectivity index (χ0v) is 11.8. The van der Waals surface area contributed by atoms with Crippen LogP contribution in [0.15, 0.2) is 48.5 Å². The maximum atomic E-state index is 10.8. The monoisotopic (exact) mass is 331 g/mol. The van der Waals surface area contributed by atoms with Crippen LogP contribution in [-0.4, -0.2) is 47.5 Å². The van der Waals surface area contributed by atoms with E-state index in [4.69, 9.17) is 4.55 Å². The van der Waals surface area contributed by atoms with Crippen molar-refractivity contribution in [3.05, 3.63) is 75.3 Å². The molecule has 0 bridgehead atoms. The summed E-state index contributed by atoms with van der Waals surface area (Å²) in [6.45, 7) is 0. The van der Waals surface area contributed by atoms with Gasteiger partial charge in [0.1, 0.15) is 5.75 Å². The zero-order chi connectivity index (χ0) is 15.5. The first kappa shape index (κ1) is 18.8. The molecule has 0 aliphatic heterocycles. The number of rotatable bonds is 5. The van der Waals surface area contributed by atoms with Gasteiger partial charge < -0.3 is 0 Å². The molecule has 22 heavy (non-hydrogen) atoms. The van der Waals surface area contributed by atoms with E-state index >= 15 is 0 Å². The average Bonchev–Trinajstić information content (AvgIpc) is 2.40. The van der Waals surface area contributed by atoms with Gasteiger partial charge in [-0.05, 0) is 23.1 Å². The molecule has 0 saturated heterocycles. The van der Waals surface area contributed by atoms with Gasteiger partial charge in [0.25, 0.3) is 15.8 Å². The Kier molecular flexibility index (Phi) is 6.70. The normalized spacial score (nSPS) is 10.8. The Labute approximate surface area is 150 Å². The molecule has 0 aliphatic carbocycles. The third-order valence-electron chi connectivity index (χ3n) is 2.93. The molecule has 0 radical (unpaired) electrons. The average molecular weight is 331 g/mol. The van der Waals surface area contributed by atoms with Crippen LogP contribution in [0.1, 0.15) is 16.7 Å². The van der Waals surface area contributed by atoms with Crippen molar-refractivity contribution in [1.29, 1.82) is 0 Å². The molecular weight excluding hydrogens is 317 g/mol. The van der Waals surface area contributed by atoms with Gasteiger partial charge in [0.2, 0.25) is 0 Å². The Bertz CT molecular complexity index is 742. The van der Waals surface area contributed by atoms with Crippen molar-refractivity contribution in [2.75, 3.05) is 0 Å². The van der Waals surface area contributed by atoms with Gasteiger partial charge in [-0.2, -0.15) is 8.42 Å². The molecule has 8 heteroatoms. The van der Waals surface area contributed by atoms with E-state index in [1.165, 1.54) is 12.1 Å². The Morgan fingerprint density at radius 3 is 1.73 bits per heavy atom. The SMILES string of the molecule is O=[N+]([O-])c1ccc(Cc2ccc(CS(=O)(=O)O)cc2)cc1.[NaH]. The number of nitrogens with zero attached hydrogens (tertiary/aromatic N) is 1. The number of nitro groups is 1. The van der Waals surface area contributed by atoms with E-state index < -0.39 is 20.8 Å². The molecule has 0 aliphatic rings. The van der Waals surface area contributed by atoms with Crippen molar-refractivity contribution in [1.82, 2.24) is 0 Å². The van der Waals surface area contributed by atoms with Crippen LogP contribution >= 0.6 is 0 Å². The van der Waals surface area contributed by atoms with Gasteiger partial charge in [0.05, 0.1) is 4.92 Å². The van der Waals surface area contributed by atoms with Crippen LogP contribution in [0.5, 0.6) is 0 Å². The predicted octanol–water partition coefficient (Wildman–Crippen LogP) is 1.92. The molecule has 0 aromatic heterocycles. The van der Waals surface area contributed by atoms with E-state index in [1.54, 1.807) is 36.4 Å². The predicted molar refractivity (Wildman–Crippen MR) is 84.7 cm³/mol. The summed E-state index contributed by atoms with van der Waals surface area (Å²) in [5.41, 5.74) is 2.42. The van der Waals surface area contributed by atoms with E-state index in [1.807, 2.05) is 0 Å². The third kappa shape index (κ3) is 5.86. The van der Waals surface area contributed by atoms with Gasteiger partial charge in [0.15, 0.2) is 0 Å². The standard InChI is InChI=1S/C14H13NO5S.Na.H/c16-15(17)14-7-5-12(6-8-14)9-11-1-3-13(4-2-11)10-21(18,19)20;;/h1-8H,9-10H2,(H,18,19,20);;. The summed E-state index contributed by atoms with van der Waals surface area (Å²) in [5, 5.41) is 10.6. The molecule has 0 amide bonds. The van der Waals surface area contributed by atoms with Crippen LogP contribution in [0.4, 0.5) is 5.69 Å². The van der Waals surface area contributed by atoms with Crippen LogP contribution in [0, 0.1) is 10.1 Å². The van der Waals surface area contributed by atoms with Crippen molar-refractivity contribution in [2.45, 2.75) is 12.2 Å². The number of nitro benzene ring substituents is 1. The van der Waals surface area contributed by atoms with Crippen LogP contribution in [0.25, 0.3) is 0 Å². The zero-order valence-electron chi connectivity index (χ0n) is 11.0. The molecular formula is C14H14NNaO5S. The van der Waals surface area contributed by atoms with Crippen LogP contribution in [0.3, 0.4) is 0 Å². The van der Waals surface area contributed by atoms with Gasteiger partial charge in [-0.15, -0.1) is 0 Å². The molecule has 0 unspecified atom stereocenters. The molecule has 112 valence electrons. The van der Waals surface area contributed by atoms with Gasteiger partial charge in [-0.3, -0.25) is 14.7 Å². The van der Waals surface area contributed by atoms with E-state index in [2.05, 4.69) is 0 Å². The Hall–Kier alpha value is -1.25. The molecule has 6 nitrogen and oxygen atoms in total. The summed E-state index contributed by atoms with van der Waals surface area (Å²) in [4.78, 5) is 10.1.